The van der Waals surface area contributed by atoms with Gasteiger partial charge in [0.1, 0.15) is 0 Å². The monoisotopic (exact) mass is 864 g/mol. The van der Waals surface area contributed by atoms with Crippen molar-refractivity contribution >= 4 is 71.2 Å². The van der Waals surface area contributed by atoms with Gasteiger partial charge in [0.15, 0.2) is 0 Å². The van der Waals surface area contributed by atoms with E-state index >= 15 is 0 Å². The molecule has 68 heavy (non-hydrogen) atoms. The molecule has 13 rings (SSSR count). The van der Waals surface area contributed by atoms with Crippen LogP contribution in [0.3, 0.4) is 0 Å². The molecule has 0 saturated carbocycles. The Kier molecular flexibility index (Phi) is 9.54. The predicted octanol–water partition coefficient (Wildman–Crippen LogP) is 18.4. The van der Waals surface area contributed by atoms with Crippen LogP contribution in [-0.4, -0.2) is 4.57 Å². The second-order valence-corrected chi connectivity index (χ2v) is 17.6. The van der Waals surface area contributed by atoms with Crippen LogP contribution in [-0.2, 0) is 0 Å². The molecule has 0 fully saturated rings. The highest BCUT2D eigenvalue weighted by Crippen LogP contribution is 2.50. The molecule has 0 spiro atoms. The molecule has 0 N–H and O–H groups in total. The number of anilines is 3. The van der Waals surface area contributed by atoms with Gasteiger partial charge in [-0.3, -0.25) is 0 Å². The van der Waals surface area contributed by atoms with Crippen LogP contribution in [0.4, 0.5) is 17.1 Å². The lowest BCUT2D eigenvalue weighted by Gasteiger charge is -2.31. The van der Waals surface area contributed by atoms with Gasteiger partial charge in [0.25, 0.3) is 0 Å². The first-order valence-electron chi connectivity index (χ1n) is 23.4. The van der Waals surface area contributed by atoms with Crippen molar-refractivity contribution in [2.24, 2.45) is 0 Å². The van der Waals surface area contributed by atoms with Crippen LogP contribution in [0.2, 0.25) is 0 Å². The van der Waals surface area contributed by atoms with Crippen molar-refractivity contribution in [3.8, 4) is 50.2 Å². The summed E-state index contributed by atoms with van der Waals surface area (Å²) in [7, 11) is 0. The average molecular weight is 865 g/mol. The molecular weight excluding hydrogens is 821 g/mol. The van der Waals surface area contributed by atoms with Crippen molar-refractivity contribution in [3.63, 3.8) is 0 Å². The molecule has 0 aliphatic carbocycles. The summed E-state index contributed by atoms with van der Waals surface area (Å²) >= 11 is 0. The zero-order valence-corrected chi connectivity index (χ0v) is 37.3. The number of aromatic nitrogens is 1. The van der Waals surface area contributed by atoms with Crippen LogP contribution in [0.1, 0.15) is 0 Å². The minimum Gasteiger partial charge on any atom is -0.309 e. The van der Waals surface area contributed by atoms with Crippen molar-refractivity contribution in [3.05, 3.63) is 267 Å². The summed E-state index contributed by atoms with van der Waals surface area (Å²) in [5.41, 5.74) is 16.4. The fourth-order valence-corrected chi connectivity index (χ4v) is 10.7. The molecule has 0 aliphatic heterocycles. The first kappa shape index (κ1) is 39.4. The van der Waals surface area contributed by atoms with Crippen LogP contribution >= 0.6 is 0 Å². The lowest BCUT2D eigenvalue weighted by Crippen LogP contribution is -2.12. The summed E-state index contributed by atoms with van der Waals surface area (Å²) in [5, 5.41) is 9.90. The molecule has 0 amide bonds. The number of benzene rings is 12. The Morgan fingerprint density at radius 3 is 1.24 bits per heavy atom. The van der Waals surface area contributed by atoms with E-state index in [2.05, 4.69) is 276 Å². The average Bonchev–Trinajstić information content (AvgIpc) is 3.76. The first-order chi connectivity index (χ1) is 33.8. The molecule has 0 unspecified atom stereocenters. The highest BCUT2D eigenvalue weighted by Gasteiger charge is 2.24. The molecule has 2 heteroatoms. The minimum absolute atomic E-state index is 1.08. The van der Waals surface area contributed by atoms with Gasteiger partial charge in [-0.25, -0.2) is 0 Å². The van der Waals surface area contributed by atoms with E-state index in [4.69, 9.17) is 0 Å². The number of rotatable bonds is 8. The van der Waals surface area contributed by atoms with Gasteiger partial charge in [-0.2, -0.15) is 0 Å². The van der Waals surface area contributed by atoms with E-state index in [-0.39, 0.29) is 0 Å². The molecule has 0 aliphatic rings. The van der Waals surface area contributed by atoms with E-state index in [1.807, 2.05) is 0 Å². The van der Waals surface area contributed by atoms with Gasteiger partial charge >= 0.3 is 0 Å². The first-order valence-corrected chi connectivity index (χ1v) is 23.4. The molecule has 1 heterocycles. The number of fused-ring (bicyclic) bond motifs is 7. The summed E-state index contributed by atoms with van der Waals surface area (Å²) in [6.45, 7) is 0. The third-order valence-corrected chi connectivity index (χ3v) is 13.8. The van der Waals surface area contributed by atoms with Gasteiger partial charge in [0.05, 0.1) is 16.7 Å². The number of hydrogen-bond donors (Lipinski definition) is 0. The maximum absolute atomic E-state index is 2.48. The number of hydrogen-bond acceptors (Lipinski definition) is 1. The predicted molar refractivity (Wildman–Crippen MR) is 290 cm³/mol. The fraction of sp³-hybridized carbons (Fsp3) is 0. The van der Waals surface area contributed by atoms with Crippen molar-refractivity contribution in [2.75, 3.05) is 4.90 Å². The zero-order valence-electron chi connectivity index (χ0n) is 37.3. The second kappa shape index (κ2) is 16.5. The SMILES string of the molecule is c1ccc(-c2c(N(c3ccc(-c4ccc(-n5c6ccccc6c6ccccc65)cc4)cc3)c3ccc(-c4cccc5cccc(-c6ccccc6)c45)cc3)c3ccccc3c3ccccc23)cc1. The summed E-state index contributed by atoms with van der Waals surface area (Å²) < 4.78 is 2.38. The Morgan fingerprint density at radius 1 is 0.265 bits per heavy atom. The van der Waals surface area contributed by atoms with E-state index in [0.29, 0.717) is 0 Å². The lowest BCUT2D eigenvalue weighted by atomic mass is 9.89. The Labute approximate surface area is 395 Å². The van der Waals surface area contributed by atoms with Gasteiger partial charge in [0, 0.05) is 38.8 Å². The summed E-state index contributed by atoms with van der Waals surface area (Å²) in [6, 6.07) is 97.5. The second-order valence-electron chi connectivity index (χ2n) is 17.6. The van der Waals surface area contributed by atoms with E-state index < -0.39 is 0 Å². The van der Waals surface area contributed by atoms with Crippen LogP contribution < -0.4 is 4.90 Å². The minimum atomic E-state index is 1.08. The normalized spacial score (nSPS) is 11.5. The lowest BCUT2D eigenvalue weighted by molar-refractivity contribution is 1.18. The molecule has 12 aromatic carbocycles. The van der Waals surface area contributed by atoms with Crippen LogP contribution in [0, 0.1) is 0 Å². The topological polar surface area (TPSA) is 8.17 Å². The van der Waals surface area contributed by atoms with E-state index in [9.17, 15) is 0 Å². The maximum atomic E-state index is 2.48. The van der Waals surface area contributed by atoms with Gasteiger partial charge < -0.3 is 9.47 Å². The molecule has 0 radical (unpaired) electrons. The molecular formula is C66H44N2. The Hall–Kier alpha value is -8.98. The smallest absolute Gasteiger partial charge is 0.0624 e. The molecule has 318 valence electrons. The molecule has 1 aromatic heterocycles. The van der Waals surface area contributed by atoms with Crippen LogP contribution in [0.5, 0.6) is 0 Å². The summed E-state index contributed by atoms with van der Waals surface area (Å²) in [4.78, 5) is 2.48. The zero-order chi connectivity index (χ0) is 45.0. The van der Waals surface area contributed by atoms with Gasteiger partial charge in [-0.1, -0.05) is 218 Å². The maximum Gasteiger partial charge on any atom is 0.0624 e. The van der Waals surface area contributed by atoms with E-state index in [1.165, 1.54) is 93.1 Å². The van der Waals surface area contributed by atoms with E-state index in [1.54, 1.807) is 0 Å². The van der Waals surface area contributed by atoms with Gasteiger partial charge in [0.2, 0.25) is 0 Å². The van der Waals surface area contributed by atoms with Crippen molar-refractivity contribution in [2.45, 2.75) is 0 Å². The highest BCUT2D eigenvalue weighted by atomic mass is 15.1. The summed E-state index contributed by atoms with van der Waals surface area (Å²) in [6.07, 6.45) is 0. The van der Waals surface area contributed by atoms with Crippen LogP contribution in [0.25, 0.3) is 104 Å². The van der Waals surface area contributed by atoms with Gasteiger partial charge in [-0.05, 0) is 114 Å². The van der Waals surface area contributed by atoms with Crippen LogP contribution in [0.15, 0.2) is 267 Å². The quantitative estimate of drug-likeness (QED) is 0.138. The fourth-order valence-electron chi connectivity index (χ4n) is 10.7. The molecule has 0 atom stereocenters. The standard InChI is InChI=1S/C66H44N2/c1-3-17-47(18-4-1)54-29-15-21-49-22-16-30-55(64(49)54)48-37-43-52(44-38-48)67(66-61-28-10-8-24-57(61)56-23-7-9-27-60(56)65(66)50-19-5-2-6-20-50)51-39-33-45(34-40-51)46-35-41-53(42-36-46)68-62-31-13-11-25-58(62)59-26-12-14-32-63(59)68/h1-44H. The molecule has 0 bridgehead atoms. The Morgan fingerprint density at radius 2 is 0.676 bits per heavy atom. The van der Waals surface area contributed by atoms with E-state index in [0.717, 1.165) is 28.3 Å². The number of para-hydroxylation sites is 2. The summed E-state index contributed by atoms with van der Waals surface area (Å²) in [5.74, 6) is 0. The molecule has 0 saturated heterocycles. The third kappa shape index (κ3) is 6.57. The van der Waals surface area contributed by atoms with Crippen molar-refractivity contribution in [1.82, 2.24) is 4.57 Å². The van der Waals surface area contributed by atoms with Crippen molar-refractivity contribution < 1.29 is 0 Å². The third-order valence-electron chi connectivity index (χ3n) is 13.8. The number of nitrogens with zero attached hydrogens (tertiary/aromatic N) is 2. The van der Waals surface area contributed by atoms with Crippen molar-refractivity contribution in [1.29, 1.82) is 0 Å². The highest BCUT2D eigenvalue weighted by molar-refractivity contribution is 6.22. The Bertz CT molecular complexity index is 3920. The Balaban J connectivity index is 0.972. The molecule has 2 nitrogen and oxygen atoms in total. The van der Waals surface area contributed by atoms with Gasteiger partial charge in [-0.15, -0.1) is 0 Å². The molecule has 13 aromatic rings. The largest absolute Gasteiger partial charge is 0.309 e.